The van der Waals surface area contributed by atoms with Crippen LogP contribution in [-0.2, 0) is 11.3 Å². The number of hydrogen-bond acceptors (Lipinski definition) is 5. The zero-order valence-corrected chi connectivity index (χ0v) is 15.9. The predicted octanol–water partition coefficient (Wildman–Crippen LogP) is 4.24. The van der Waals surface area contributed by atoms with E-state index in [2.05, 4.69) is 15.5 Å². The first-order valence-corrected chi connectivity index (χ1v) is 9.31. The van der Waals surface area contributed by atoms with E-state index in [9.17, 15) is 9.18 Å². The number of amides is 1. The first-order chi connectivity index (χ1) is 14.7. The van der Waals surface area contributed by atoms with Crippen molar-refractivity contribution in [2.75, 3.05) is 6.61 Å². The van der Waals surface area contributed by atoms with E-state index in [0.717, 1.165) is 11.1 Å². The molecule has 4 rings (SSSR count). The minimum Gasteiger partial charge on any atom is -0.483 e. The lowest BCUT2D eigenvalue weighted by Crippen LogP contribution is -2.28. The average molecular weight is 403 g/mol. The molecule has 0 fully saturated rings. The average Bonchev–Trinajstić information content (AvgIpc) is 3.28. The summed E-state index contributed by atoms with van der Waals surface area (Å²) in [5.41, 5.74) is 2.21. The van der Waals surface area contributed by atoms with E-state index in [1.807, 2.05) is 36.4 Å². The van der Waals surface area contributed by atoms with Crippen molar-refractivity contribution < 1.29 is 18.3 Å². The fourth-order valence-electron chi connectivity index (χ4n) is 2.80. The van der Waals surface area contributed by atoms with E-state index in [1.54, 1.807) is 30.3 Å². The van der Waals surface area contributed by atoms with Gasteiger partial charge in [0.25, 0.3) is 11.8 Å². The Balaban J connectivity index is 1.40. The van der Waals surface area contributed by atoms with Gasteiger partial charge in [-0.05, 0) is 42.0 Å². The van der Waals surface area contributed by atoms with Crippen molar-refractivity contribution in [3.8, 4) is 28.7 Å². The van der Waals surface area contributed by atoms with Gasteiger partial charge in [-0.15, -0.1) is 10.2 Å². The number of nitrogens with zero attached hydrogens (tertiary/aromatic N) is 2. The molecule has 0 aliphatic heterocycles. The van der Waals surface area contributed by atoms with E-state index in [1.165, 1.54) is 12.1 Å². The molecule has 0 aliphatic carbocycles. The molecular formula is C23H18FN3O3. The molecule has 0 bridgehead atoms. The summed E-state index contributed by atoms with van der Waals surface area (Å²) in [5.74, 6) is 0.539. The van der Waals surface area contributed by atoms with Gasteiger partial charge in [-0.1, -0.05) is 42.5 Å². The number of aromatic nitrogens is 2. The largest absolute Gasteiger partial charge is 0.483 e. The van der Waals surface area contributed by atoms with Crippen LogP contribution >= 0.6 is 0 Å². The highest BCUT2D eigenvalue weighted by Gasteiger charge is 2.15. The first kappa shape index (κ1) is 19.3. The maximum absolute atomic E-state index is 12.9. The molecule has 0 radical (unpaired) electrons. The Morgan fingerprint density at radius 1 is 0.900 bits per heavy atom. The quantitative estimate of drug-likeness (QED) is 0.500. The minimum absolute atomic E-state index is 0.183. The molecule has 0 aliphatic rings. The molecule has 6 nitrogen and oxygen atoms in total. The second kappa shape index (κ2) is 9.00. The van der Waals surface area contributed by atoms with Gasteiger partial charge in [0, 0.05) is 12.1 Å². The first-order valence-electron chi connectivity index (χ1n) is 9.31. The molecule has 150 valence electrons. The molecule has 0 unspecified atom stereocenters. The molecular weight excluding hydrogens is 385 g/mol. The Morgan fingerprint density at radius 2 is 1.60 bits per heavy atom. The van der Waals surface area contributed by atoms with Crippen LogP contribution in [0.15, 0.2) is 83.3 Å². The number of nitrogens with one attached hydrogen (secondary N) is 1. The van der Waals surface area contributed by atoms with Crippen molar-refractivity contribution in [2.45, 2.75) is 6.54 Å². The molecule has 0 spiro atoms. The highest BCUT2D eigenvalue weighted by atomic mass is 19.1. The third-order valence-corrected chi connectivity index (χ3v) is 4.32. The number of halogens is 1. The van der Waals surface area contributed by atoms with Crippen molar-refractivity contribution >= 4 is 5.91 Å². The van der Waals surface area contributed by atoms with Crippen molar-refractivity contribution in [1.29, 1.82) is 0 Å². The van der Waals surface area contributed by atoms with Crippen LogP contribution < -0.4 is 10.1 Å². The van der Waals surface area contributed by atoms with Gasteiger partial charge in [-0.25, -0.2) is 4.39 Å². The predicted molar refractivity (Wildman–Crippen MR) is 109 cm³/mol. The maximum atomic E-state index is 12.9. The Hall–Kier alpha value is -4.00. The summed E-state index contributed by atoms with van der Waals surface area (Å²) in [7, 11) is 0. The molecule has 30 heavy (non-hydrogen) atoms. The summed E-state index contributed by atoms with van der Waals surface area (Å²) < 4.78 is 24.4. The summed E-state index contributed by atoms with van der Waals surface area (Å²) in [5, 5.41) is 10.9. The molecule has 0 saturated heterocycles. The minimum atomic E-state index is -0.318. The molecule has 1 aromatic heterocycles. The number of rotatable bonds is 7. The van der Waals surface area contributed by atoms with Gasteiger partial charge in [0.05, 0.1) is 5.56 Å². The van der Waals surface area contributed by atoms with Crippen LogP contribution in [-0.4, -0.2) is 22.7 Å². The van der Waals surface area contributed by atoms with Gasteiger partial charge in [-0.2, -0.15) is 0 Å². The molecule has 1 heterocycles. The normalized spacial score (nSPS) is 10.6. The van der Waals surface area contributed by atoms with Gasteiger partial charge in [-0.3, -0.25) is 4.79 Å². The van der Waals surface area contributed by atoms with Gasteiger partial charge in [0.2, 0.25) is 5.89 Å². The van der Waals surface area contributed by atoms with E-state index >= 15 is 0 Å². The highest BCUT2D eigenvalue weighted by molar-refractivity contribution is 5.78. The van der Waals surface area contributed by atoms with Crippen LogP contribution in [0.1, 0.15) is 5.56 Å². The smallest absolute Gasteiger partial charge is 0.258 e. The van der Waals surface area contributed by atoms with Gasteiger partial charge >= 0.3 is 0 Å². The summed E-state index contributed by atoms with van der Waals surface area (Å²) in [4.78, 5) is 12.1. The Morgan fingerprint density at radius 3 is 2.40 bits per heavy atom. The lowest BCUT2D eigenvalue weighted by atomic mass is 10.2. The van der Waals surface area contributed by atoms with Crippen LogP contribution in [0, 0.1) is 5.82 Å². The summed E-state index contributed by atoms with van der Waals surface area (Å²) in [6.07, 6.45) is 0. The number of benzene rings is 3. The lowest BCUT2D eigenvalue weighted by molar-refractivity contribution is -0.123. The standard InChI is InChI=1S/C23H18FN3O3/c24-18-12-10-16(11-13-18)14-25-21(28)15-29-20-9-5-4-8-19(20)23-27-26-22(30-23)17-6-2-1-3-7-17/h1-13H,14-15H2,(H,25,28). The SMILES string of the molecule is O=C(COc1ccccc1-c1nnc(-c2ccccc2)o1)NCc1ccc(F)cc1. The monoisotopic (exact) mass is 403 g/mol. The number of hydrogen-bond donors (Lipinski definition) is 1. The molecule has 1 N–H and O–H groups in total. The number of carbonyl (C=O) groups excluding carboxylic acids is 1. The summed E-state index contributed by atoms with van der Waals surface area (Å²) >= 11 is 0. The van der Waals surface area contributed by atoms with Crippen molar-refractivity contribution in [3.63, 3.8) is 0 Å². The van der Waals surface area contributed by atoms with Crippen LogP contribution in [0.5, 0.6) is 5.75 Å². The van der Waals surface area contributed by atoms with Gasteiger partial charge < -0.3 is 14.5 Å². The Kier molecular flexibility index (Phi) is 5.80. The lowest BCUT2D eigenvalue weighted by Gasteiger charge is -2.10. The Bertz CT molecular complexity index is 1130. The molecule has 4 aromatic rings. The molecule has 0 saturated carbocycles. The van der Waals surface area contributed by atoms with Crippen LogP contribution in [0.3, 0.4) is 0 Å². The highest BCUT2D eigenvalue weighted by Crippen LogP contribution is 2.30. The van der Waals surface area contributed by atoms with Crippen molar-refractivity contribution in [1.82, 2.24) is 15.5 Å². The summed E-state index contributed by atoms with van der Waals surface area (Å²) in [6.45, 7) is 0.103. The number of ether oxygens (including phenoxy) is 1. The number of carbonyl (C=O) groups is 1. The van der Waals surface area contributed by atoms with E-state index in [-0.39, 0.29) is 24.9 Å². The van der Waals surface area contributed by atoms with E-state index < -0.39 is 0 Å². The van der Waals surface area contributed by atoms with Crippen LogP contribution in [0.4, 0.5) is 4.39 Å². The van der Waals surface area contributed by atoms with Gasteiger partial charge in [0.15, 0.2) is 6.61 Å². The third kappa shape index (κ3) is 4.70. The zero-order chi connectivity index (χ0) is 20.8. The fraction of sp³-hybridized carbons (Fsp3) is 0.0870. The molecule has 7 heteroatoms. The van der Waals surface area contributed by atoms with E-state index in [4.69, 9.17) is 9.15 Å². The molecule has 3 aromatic carbocycles. The van der Waals surface area contributed by atoms with Gasteiger partial charge in [0.1, 0.15) is 11.6 Å². The Labute approximate surface area is 172 Å². The fourth-order valence-corrected chi connectivity index (χ4v) is 2.80. The van der Waals surface area contributed by atoms with Crippen LogP contribution in [0.2, 0.25) is 0 Å². The van der Waals surface area contributed by atoms with Crippen molar-refractivity contribution in [2.24, 2.45) is 0 Å². The summed E-state index contributed by atoms with van der Waals surface area (Å²) in [6, 6.07) is 22.5. The van der Waals surface area contributed by atoms with E-state index in [0.29, 0.717) is 23.1 Å². The topological polar surface area (TPSA) is 77.2 Å². The maximum Gasteiger partial charge on any atom is 0.258 e. The van der Waals surface area contributed by atoms with Crippen LogP contribution in [0.25, 0.3) is 22.9 Å². The molecule has 0 atom stereocenters. The third-order valence-electron chi connectivity index (χ3n) is 4.32. The number of para-hydroxylation sites is 1. The second-order valence-electron chi connectivity index (χ2n) is 6.47. The van der Waals surface area contributed by atoms with Crippen molar-refractivity contribution in [3.05, 3.63) is 90.2 Å². The zero-order valence-electron chi connectivity index (χ0n) is 15.9. The molecule has 1 amide bonds. The second-order valence-corrected chi connectivity index (χ2v) is 6.47.